The van der Waals surface area contributed by atoms with E-state index in [0.717, 1.165) is 5.56 Å². The molecule has 1 saturated heterocycles. The molecule has 7 heteroatoms. The lowest BCUT2D eigenvalue weighted by Crippen LogP contribution is -2.47. The summed E-state index contributed by atoms with van der Waals surface area (Å²) in [6.45, 7) is 2.08. The van der Waals surface area contributed by atoms with E-state index in [1.165, 1.54) is 12.0 Å². The highest BCUT2D eigenvalue weighted by Crippen LogP contribution is 2.34. The molecule has 1 aliphatic rings. The van der Waals surface area contributed by atoms with Crippen LogP contribution in [0.2, 0.25) is 0 Å². The van der Waals surface area contributed by atoms with Crippen molar-refractivity contribution >= 4 is 11.9 Å². The van der Waals surface area contributed by atoms with E-state index in [4.69, 9.17) is 13.9 Å². The van der Waals surface area contributed by atoms with Crippen LogP contribution in [0.15, 0.2) is 28.7 Å². The van der Waals surface area contributed by atoms with Gasteiger partial charge in [-0.2, -0.15) is 0 Å². The molecule has 1 aromatic carbocycles. The first-order valence-corrected chi connectivity index (χ1v) is 8.31. The molecule has 138 valence electrons. The number of benzene rings is 1. The zero-order valence-corrected chi connectivity index (χ0v) is 14.9. The standard InChI is InChI=1S/C19H21NO6/c1-11-13(18(21)20-8-4-5-14(20)19(22)23)10-16(26-11)12-6-7-15(24-2)17(9-12)25-3/h6-7,9-10,14H,4-5,8H2,1-3H3,(H,22,23)/p-1/t14-/m1/s1. The van der Waals surface area contributed by atoms with Gasteiger partial charge in [0.25, 0.3) is 5.91 Å². The number of carbonyl (C=O) groups is 2. The Morgan fingerprint density at radius 2 is 1.92 bits per heavy atom. The van der Waals surface area contributed by atoms with E-state index in [0.29, 0.717) is 48.0 Å². The number of rotatable bonds is 5. The van der Waals surface area contributed by atoms with Gasteiger partial charge in [-0.15, -0.1) is 0 Å². The van der Waals surface area contributed by atoms with Crippen LogP contribution in [0.25, 0.3) is 11.3 Å². The summed E-state index contributed by atoms with van der Waals surface area (Å²) in [6, 6.07) is 6.05. The largest absolute Gasteiger partial charge is 0.548 e. The zero-order valence-electron chi connectivity index (χ0n) is 14.9. The number of hydrogen-bond acceptors (Lipinski definition) is 6. The molecule has 0 N–H and O–H groups in total. The average Bonchev–Trinajstić information content (AvgIpc) is 3.27. The molecule has 0 spiro atoms. The topological polar surface area (TPSA) is 92.0 Å². The van der Waals surface area contributed by atoms with Gasteiger partial charge < -0.3 is 28.7 Å². The smallest absolute Gasteiger partial charge is 0.257 e. The van der Waals surface area contributed by atoms with Crippen molar-refractivity contribution < 1.29 is 28.6 Å². The molecule has 0 unspecified atom stereocenters. The lowest BCUT2D eigenvalue weighted by atomic mass is 10.1. The molecule has 0 aliphatic carbocycles. The van der Waals surface area contributed by atoms with Crippen molar-refractivity contribution in [3.8, 4) is 22.8 Å². The van der Waals surface area contributed by atoms with E-state index in [1.54, 1.807) is 38.3 Å². The first-order valence-electron chi connectivity index (χ1n) is 8.31. The summed E-state index contributed by atoms with van der Waals surface area (Å²) in [5, 5.41) is 11.2. The lowest BCUT2D eigenvalue weighted by molar-refractivity contribution is -0.310. The number of amides is 1. The number of methoxy groups -OCH3 is 2. The van der Waals surface area contributed by atoms with Crippen LogP contribution < -0.4 is 14.6 Å². The van der Waals surface area contributed by atoms with Crippen LogP contribution in [0, 0.1) is 6.92 Å². The molecule has 0 bridgehead atoms. The van der Waals surface area contributed by atoms with Gasteiger partial charge >= 0.3 is 0 Å². The molecule has 0 radical (unpaired) electrons. The Labute approximate surface area is 151 Å². The zero-order chi connectivity index (χ0) is 18.8. The first kappa shape index (κ1) is 17.8. The Hall–Kier alpha value is -2.96. The molecular formula is C19H20NO6-. The van der Waals surface area contributed by atoms with Crippen LogP contribution in [0.4, 0.5) is 0 Å². The van der Waals surface area contributed by atoms with Crippen molar-refractivity contribution in [3.05, 3.63) is 35.6 Å². The second-order valence-electron chi connectivity index (χ2n) is 6.13. The van der Waals surface area contributed by atoms with Gasteiger partial charge in [-0.05, 0) is 44.0 Å². The van der Waals surface area contributed by atoms with Gasteiger partial charge in [0.15, 0.2) is 11.5 Å². The quantitative estimate of drug-likeness (QED) is 0.807. The summed E-state index contributed by atoms with van der Waals surface area (Å²) in [5.74, 6) is 0.481. The third kappa shape index (κ3) is 3.12. The van der Waals surface area contributed by atoms with Crippen molar-refractivity contribution in [2.75, 3.05) is 20.8 Å². The second kappa shape index (κ2) is 7.11. The van der Waals surface area contributed by atoms with Gasteiger partial charge in [0.2, 0.25) is 0 Å². The maximum Gasteiger partial charge on any atom is 0.257 e. The minimum Gasteiger partial charge on any atom is -0.548 e. The van der Waals surface area contributed by atoms with E-state index in [9.17, 15) is 14.7 Å². The van der Waals surface area contributed by atoms with Crippen LogP contribution in [0.5, 0.6) is 11.5 Å². The number of aryl methyl sites for hydroxylation is 1. The second-order valence-corrected chi connectivity index (χ2v) is 6.13. The van der Waals surface area contributed by atoms with Crippen molar-refractivity contribution in [1.82, 2.24) is 4.90 Å². The monoisotopic (exact) mass is 358 g/mol. The predicted octanol–water partition coefficient (Wildman–Crippen LogP) is 1.63. The van der Waals surface area contributed by atoms with E-state index in [-0.39, 0.29) is 5.91 Å². The molecule has 0 saturated carbocycles. The Kier molecular flexibility index (Phi) is 4.88. The van der Waals surface area contributed by atoms with Crippen LogP contribution in [-0.2, 0) is 4.79 Å². The number of likely N-dealkylation sites (tertiary alicyclic amines) is 1. The minimum atomic E-state index is -1.22. The van der Waals surface area contributed by atoms with Gasteiger partial charge in [-0.25, -0.2) is 0 Å². The van der Waals surface area contributed by atoms with Crippen molar-refractivity contribution in [2.45, 2.75) is 25.8 Å². The maximum atomic E-state index is 12.8. The molecular weight excluding hydrogens is 338 g/mol. The normalized spacial score (nSPS) is 16.6. The van der Waals surface area contributed by atoms with Crippen molar-refractivity contribution in [3.63, 3.8) is 0 Å². The molecule has 2 aromatic rings. The number of ether oxygens (including phenoxy) is 2. The molecule has 1 aliphatic heterocycles. The van der Waals surface area contributed by atoms with E-state index < -0.39 is 12.0 Å². The number of carbonyl (C=O) groups excluding carboxylic acids is 2. The fourth-order valence-corrected chi connectivity index (χ4v) is 3.24. The average molecular weight is 358 g/mol. The number of aliphatic carboxylic acids is 1. The number of carboxylic acid groups (broad SMARTS) is 1. The predicted molar refractivity (Wildman–Crippen MR) is 91.1 cm³/mol. The van der Waals surface area contributed by atoms with Gasteiger partial charge in [-0.1, -0.05) is 0 Å². The molecule has 26 heavy (non-hydrogen) atoms. The Morgan fingerprint density at radius 3 is 2.58 bits per heavy atom. The van der Waals surface area contributed by atoms with E-state index in [2.05, 4.69) is 0 Å². The van der Waals surface area contributed by atoms with Crippen LogP contribution in [-0.4, -0.2) is 43.6 Å². The maximum absolute atomic E-state index is 12.8. The highest BCUT2D eigenvalue weighted by Gasteiger charge is 2.32. The molecule has 1 amide bonds. The third-order valence-electron chi connectivity index (χ3n) is 4.60. The van der Waals surface area contributed by atoms with Crippen molar-refractivity contribution in [1.29, 1.82) is 0 Å². The first-order chi connectivity index (χ1) is 12.5. The summed E-state index contributed by atoms with van der Waals surface area (Å²) in [4.78, 5) is 25.4. The molecule has 1 fully saturated rings. The molecule has 2 heterocycles. The highest BCUT2D eigenvalue weighted by atomic mass is 16.5. The molecule has 3 rings (SSSR count). The van der Waals surface area contributed by atoms with Crippen LogP contribution in [0.3, 0.4) is 0 Å². The number of carboxylic acids is 1. The summed E-state index contributed by atoms with van der Waals surface area (Å²) in [5.41, 5.74) is 1.07. The fourth-order valence-electron chi connectivity index (χ4n) is 3.24. The van der Waals surface area contributed by atoms with E-state index >= 15 is 0 Å². The number of furan rings is 1. The summed E-state index contributed by atoms with van der Waals surface area (Å²) >= 11 is 0. The van der Waals surface area contributed by atoms with Gasteiger partial charge in [0, 0.05) is 12.1 Å². The third-order valence-corrected chi connectivity index (χ3v) is 4.60. The van der Waals surface area contributed by atoms with E-state index in [1.807, 2.05) is 0 Å². The number of nitrogens with zero attached hydrogens (tertiary/aromatic N) is 1. The summed E-state index contributed by atoms with van der Waals surface area (Å²) < 4.78 is 16.3. The van der Waals surface area contributed by atoms with Crippen LogP contribution in [0.1, 0.15) is 29.0 Å². The summed E-state index contributed by atoms with van der Waals surface area (Å²) in [7, 11) is 3.09. The highest BCUT2D eigenvalue weighted by molar-refractivity contribution is 5.98. The lowest BCUT2D eigenvalue weighted by Gasteiger charge is -2.25. The van der Waals surface area contributed by atoms with Gasteiger partial charge in [-0.3, -0.25) is 4.79 Å². The molecule has 1 atom stereocenters. The number of hydrogen-bond donors (Lipinski definition) is 0. The molecule has 7 nitrogen and oxygen atoms in total. The summed E-state index contributed by atoms with van der Waals surface area (Å²) in [6.07, 6.45) is 1.05. The fraction of sp³-hybridized carbons (Fsp3) is 0.368. The Balaban J connectivity index is 1.92. The van der Waals surface area contributed by atoms with Gasteiger partial charge in [0.05, 0.1) is 31.8 Å². The van der Waals surface area contributed by atoms with Gasteiger partial charge in [0.1, 0.15) is 11.5 Å². The molecule has 1 aromatic heterocycles. The van der Waals surface area contributed by atoms with Crippen molar-refractivity contribution in [2.24, 2.45) is 0 Å². The Morgan fingerprint density at radius 1 is 1.19 bits per heavy atom. The Bertz CT molecular complexity index is 841. The minimum absolute atomic E-state index is 0.350. The van der Waals surface area contributed by atoms with Crippen LogP contribution >= 0.6 is 0 Å². The SMILES string of the molecule is COc1ccc(-c2cc(C(=O)N3CCC[C@@H]3C(=O)[O-])c(C)o2)cc1OC.